The van der Waals surface area contributed by atoms with Gasteiger partial charge in [-0.3, -0.25) is 19.0 Å². The highest BCUT2D eigenvalue weighted by Gasteiger charge is 2.39. The van der Waals surface area contributed by atoms with Gasteiger partial charge >= 0.3 is 12.4 Å². The number of hydrogen-bond acceptors (Lipinski definition) is 5. The first-order chi connectivity index (χ1) is 17.8. The smallest absolute Gasteiger partial charge is 0.347 e. The van der Waals surface area contributed by atoms with E-state index in [1.54, 1.807) is 22.9 Å². The molecule has 3 aromatic heterocycles. The van der Waals surface area contributed by atoms with Crippen LogP contribution in [0.3, 0.4) is 0 Å². The molecule has 3 heterocycles. The van der Waals surface area contributed by atoms with Crippen LogP contribution in [0.15, 0.2) is 36.8 Å². The minimum Gasteiger partial charge on any atom is -0.347 e. The molecule has 2 N–H and O–H groups in total. The largest absolute Gasteiger partial charge is 0.394 e. The van der Waals surface area contributed by atoms with E-state index in [2.05, 4.69) is 25.6 Å². The van der Waals surface area contributed by atoms with Crippen LogP contribution < -0.4 is 10.6 Å². The van der Waals surface area contributed by atoms with Crippen molar-refractivity contribution >= 4 is 17.6 Å². The second kappa shape index (κ2) is 10.6. The van der Waals surface area contributed by atoms with E-state index in [1.165, 1.54) is 6.07 Å². The third kappa shape index (κ3) is 7.19. The summed E-state index contributed by atoms with van der Waals surface area (Å²) in [6.45, 7) is 0.920. The standard InChI is InChI=1S/C24H24F6N6O2/c1-13(24(28,29)30)8-19(37)35-20(14-2-3-14)18-5-7-36-12-17(33-22(36)34-18)11-32-21(38)15-4-6-31-16(9-15)10-23(25,26)27/h4-7,9,12-14,20H,2-3,8,10-11H2,1H3,(H,32,38)(H,35,37). The summed E-state index contributed by atoms with van der Waals surface area (Å²) in [4.78, 5) is 37.2. The third-order valence-electron chi connectivity index (χ3n) is 6.07. The predicted molar refractivity (Wildman–Crippen MR) is 122 cm³/mol. The Bertz CT molecular complexity index is 1320. The van der Waals surface area contributed by atoms with Crippen molar-refractivity contribution in [2.45, 2.75) is 57.5 Å². The fourth-order valence-corrected chi connectivity index (χ4v) is 3.88. The molecule has 2 unspecified atom stereocenters. The molecular formula is C24H24F6N6O2. The van der Waals surface area contributed by atoms with Gasteiger partial charge in [-0.25, -0.2) is 9.97 Å². The minimum absolute atomic E-state index is 0.0197. The van der Waals surface area contributed by atoms with Gasteiger partial charge in [0, 0.05) is 30.6 Å². The molecule has 0 aromatic carbocycles. The van der Waals surface area contributed by atoms with Gasteiger partial charge in [0.25, 0.3) is 5.91 Å². The SMILES string of the molecule is CC(CC(=O)NC(c1ccn2cc(CNC(=O)c3ccnc(CC(F)(F)F)c3)nc2n1)C1CC1)C(F)(F)F. The summed E-state index contributed by atoms with van der Waals surface area (Å²) in [5.74, 6) is -2.77. The van der Waals surface area contributed by atoms with Crippen molar-refractivity contribution in [1.82, 2.24) is 30.0 Å². The molecule has 3 aromatic rings. The Morgan fingerprint density at radius 1 is 1.11 bits per heavy atom. The van der Waals surface area contributed by atoms with Gasteiger partial charge in [-0.1, -0.05) is 6.92 Å². The number of halogens is 6. The van der Waals surface area contributed by atoms with Crippen molar-refractivity contribution in [2.75, 3.05) is 0 Å². The highest BCUT2D eigenvalue weighted by Crippen LogP contribution is 2.40. The molecule has 0 bridgehead atoms. The number of rotatable bonds is 9. The van der Waals surface area contributed by atoms with Gasteiger partial charge in [-0.05, 0) is 37.0 Å². The normalized spacial score (nSPS) is 15.8. The van der Waals surface area contributed by atoms with E-state index in [0.29, 0.717) is 11.4 Å². The van der Waals surface area contributed by atoms with E-state index in [0.717, 1.165) is 32.0 Å². The zero-order valence-electron chi connectivity index (χ0n) is 20.1. The molecular weight excluding hydrogens is 518 g/mol. The van der Waals surface area contributed by atoms with Crippen molar-refractivity contribution in [3.8, 4) is 0 Å². The Balaban J connectivity index is 1.41. The molecule has 8 nitrogen and oxygen atoms in total. The number of amides is 2. The molecule has 0 spiro atoms. The lowest BCUT2D eigenvalue weighted by atomic mass is 10.0. The molecule has 14 heteroatoms. The van der Waals surface area contributed by atoms with Gasteiger partial charge in [0.1, 0.15) is 0 Å². The molecule has 0 aliphatic heterocycles. The number of carbonyl (C=O) groups is 2. The van der Waals surface area contributed by atoms with E-state index in [-0.39, 0.29) is 29.5 Å². The molecule has 2 amide bonds. The van der Waals surface area contributed by atoms with Crippen LogP contribution in [0, 0.1) is 11.8 Å². The number of hydrogen-bond donors (Lipinski definition) is 2. The molecule has 0 radical (unpaired) electrons. The maximum Gasteiger partial charge on any atom is 0.394 e. The summed E-state index contributed by atoms with van der Waals surface area (Å²) >= 11 is 0. The number of aromatic nitrogens is 4. The first-order valence-electron chi connectivity index (χ1n) is 11.8. The van der Waals surface area contributed by atoms with E-state index >= 15 is 0 Å². The number of fused-ring (bicyclic) bond motifs is 1. The van der Waals surface area contributed by atoms with E-state index < -0.39 is 49.0 Å². The Hall–Kier alpha value is -3.71. The first kappa shape index (κ1) is 27.3. The molecule has 1 fully saturated rings. The van der Waals surface area contributed by atoms with Crippen LogP contribution in [0.25, 0.3) is 5.78 Å². The Morgan fingerprint density at radius 2 is 1.84 bits per heavy atom. The highest BCUT2D eigenvalue weighted by atomic mass is 19.4. The van der Waals surface area contributed by atoms with Crippen molar-refractivity contribution in [3.05, 3.63) is 59.4 Å². The number of alkyl halides is 6. The van der Waals surface area contributed by atoms with Crippen LogP contribution in [-0.2, 0) is 17.8 Å². The molecule has 2 atom stereocenters. The zero-order valence-corrected chi connectivity index (χ0v) is 20.1. The van der Waals surface area contributed by atoms with Crippen molar-refractivity contribution < 1.29 is 35.9 Å². The number of nitrogens with one attached hydrogen (secondary N) is 2. The second-order valence-corrected chi connectivity index (χ2v) is 9.33. The predicted octanol–water partition coefficient (Wildman–Crippen LogP) is 4.31. The summed E-state index contributed by atoms with van der Waals surface area (Å²) in [6.07, 6.45) is -4.87. The minimum atomic E-state index is -4.46. The fraction of sp³-hybridized carbons (Fsp3) is 0.458. The molecule has 38 heavy (non-hydrogen) atoms. The van der Waals surface area contributed by atoms with Crippen LogP contribution >= 0.6 is 0 Å². The van der Waals surface area contributed by atoms with Gasteiger partial charge in [-0.15, -0.1) is 0 Å². The van der Waals surface area contributed by atoms with Crippen molar-refractivity contribution in [1.29, 1.82) is 0 Å². The molecule has 1 saturated carbocycles. The third-order valence-corrected chi connectivity index (χ3v) is 6.07. The first-order valence-corrected chi connectivity index (χ1v) is 11.8. The lowest BCUT2D eigenvalue weighted by Gasteiger charge is -2.20. The number of carbonyl (C=O) groups excluding carboxylic acids is 2. The zero-order chi connectivity index (χ0) is 27.7. The molecule has 0 saturated heterocycles. The molecule has 1 aliphatic carbocycles. The van der Waals surface area contributed by atoms with Gasteiger partial charge < -0.3 is 10.6 Å². The monoisotopic (exact) mass is 542 g/mol. The topological polar surface area (TPSA) is 101 Å². The Labute approximate surface area is 212 Å². The van der Waals surface area contributed by atoms with Gasteiger partial charge in [-0.2, -0.15) is 26.3 Å². The maximum atomic E-state index is 12.8. The van der Waals surface area contributed by atoms with Crippen LogP contribution in [0.5, 0.6) is 0 Å². The summed E-state index contributed by atoms with van der Waals surface area (Å²) in [6, 6.07) is 3.47. The average Bonchev–Trinajstić information content (AvgIpc) is 3.58. The number of imidazole rings is 1. The van der Waals surface area contributed by atoms with Crippen LogP contribution in [0.4, 0.5) is 26.3 Å². The Kier molecular flexibility index (Phi) is 7.61. The van der Waals surface area contributed by atoms with Crippen LogP contribution in [-0.4, -0.2) is 43.5 Å². The van der Waals surface area contributed by atoms with E-state index in [1.807, 2.05) is 0 Å². The lowest BCUT2D eigenvalue weighted by molar-refractivity contribution is -0.174. The summed E-state index contributed by atoms with van der Waals surface area (Å²) in [7, 11) is 0. The lowest BCUT2D eigenvalue weighted by Crippen LogP contribution is -2.34. The maximum absolute atomic E-state index is 12.8. The van der Waals surface area contributed by atoms with E-state index in [4.69, 9.17) is 0 Å². The van der Waals surface area contributed by atoms with Crippen LogP contribution in [0.2, 0.25) is 0 Å². The van der Waals surface area contributed by atoms with Crippen LogP contribution in [0.1, 0.15) is 59.7 Å². The van der Waals surface area contributed by atoms with E-state index in [9.17, 15) is 35.9 Å². The molecule has 1 aliphatic rings. The van der Waals surface area contributed by atoms with Crippen molar-refractivity contribution in [3.63, 3.8) is 0 Å². The van der Waals surface area contributed by atoms with Gasteiger partial charge in [0.05, 0.1) is 42.0 Å². The summed E-state index contributed by atoms with van der Waals surface area (Å²) in [5, 5.41) is 5.26. The molecule has 4 rings (SSSR count). The van der Waals surface area contributed by atoms with Crippen molar-refractivity contribution in [2.24, 2.45) is 11.8 Å². The Morgan fingerprint density at radius 3 is 2.50 bits per heavy atom. The fourth-order valence-electron chi connectivity index (χ4n) is 3.88. The second-order valence-electron chi connectivity index (χ2n) is 9.33. The number of pyridine rings is 1. The quantitative estimate of drug-likeness (QED) is 0.393. The molecule has 204 valence electrons. The summed E-state index contributed by atoms with van der Waals surface area (Å²) < 4.78 is 77.9. The number of nitrogens with zero attached hydrogens (tertiary/aromatic N) is 4. The summed E-state index contributed by atoms with van der Waals surface area (Å²) in [5.41, 5.74) is 0.618. The highest BCUT2D eigenvalue weighted by molar-refractivity contribution is 5.94. The van der Waals surface area contributed by atoms with Gasteiger partial charge in [0.2, 0.25) is 11.7 Å². The van der Waals surface area contributed by atoms with Gasteiger partial charge in [0.15, 0.2) is 0 Å². The average molecular weight is 542 g/mol.